The van der Waals surface area contributed by atoms with E-state index >= 15 is 0 Å². The predicted molar refractivity (Wildman–Crippen MR) is 18.8 cm³/mol. The highest BCUT2D eigenvalue weighted by molar-refractivity contribution is 5.65. The van der Waals surface area contributed by atoms with Gasteiger partial charge in [0.1, 0.15) is 0 Å². The Labute approximate surface area is 30.1 Å². The third-order valence-corrected chi connectivity index (χ3v) is 0.153. The molecule has 0 saturated carbocycles. The van der Waals surface area contributed by atoms with Crippen LogP contribution in [-0.2, 0) is 0 Å². The average molecular weight is 73.1 g/mol. The quantitative estimate of drug-likeness (QED) is 0.251. The zero-order valence-electron chi connectivity index (χ0n) is 2.63. The van der Waals surface area contributed by atoms with Crippen molar-refractivity contribution in [1.82, 2.24) is 0 Å². The van der Waals surface area contributed by atoms with E-state index in [0.29, 0.717) is 0 Å². The molecule has 0 spiro atoms. The lowest BCUT2D eigenvalue weighted by Gasteiger charge is -1.65. The number of nitrogens with two attached hydrogens (primary N) is 1. The summed E-state index contributed by atoms with van der Waals surface area (Å²) in [6.07, 6.45) is 1.08. The molecular formula is C2H5N2O. The summed E-state index contributed by atoms with van der Waals surface area (Å²) in [5.41, 5.74) is 4.70. The van der Waals surface area contributed by atoms with Gasteiger partial charge in [-0.05, 0) is 0 Å². The largest absolute Gasteiger partial charge is 0.411 e. The molecule has 0 atom stereocenters. The number of oxime groups is 1. The molecule has 3 heteroatoms. The number of hydrogen-bond acceptors (Lipinski definition) is 3. The van der Waals surface area contributed by atoms with Crippen molar-refractivity contribution in [2.45, 2.75) is 0 Å². The minimum atomic E-state index is 1.08. The van der Waals surface area contributed by atoms with Gasteiger partial charge in [-0.25, -0.2) is 0 Å². The summed E-state index contributed by atoms with van der Waals surface area (Å²) < 4.78 is 0. The minimum Gasteiger partial charge on any atom is -0.411 e. The highest BCUT2D eigenvalue weighted by Crippen LogP contribution is 1.46. The summed E-state index contributed by atoms with van der Waals surface area (Å²) in [6, 6.07) is 0. The summed E-state index contributed by atoms with van der Waals surface area (Å²) in [5.74, 6) is 0. The van der Waals surface area contributed by atoms with Gasteiger partial charge in [-0.1, -0.05) is 0 Å². The van der Waals surface area contributed by atoms with E-state index in [4.69, 9.17) is 10.9 Å². The lowest BCUT2D eigenvalue weighted by molar-refractivity contribution is 0.321. The molecular weight excluding hydrogens is 68.0 g/mol. The molecule has 0 rings (SSSR count). The fraction of sp³-hybridized carbons (Fsp3) is 0. The second-order valence-corrected chi connectivity index (χ2v) is 0.457. The first-order valence-corrected chi connectivity index (χ1v) is 1.12. The van der Waals surface area contributed by atoms with Crippen LogP contribution >= 0.6 is 0 Å². The maximum Gasteiger partial charge on any atom is 0.0639 e. The van der Waals surface area contributed by atoms with Crippen molar-refractivity contribution >= 4 is 6.21 Å². The Hall–Kier alpha value is -0.570. The SMILES string of the molecule is N[CH]C=NO. The zero-order chi connectivity index (χ0) is 4.12. The molecule has 0 saturated heterocycles. The monoisotopic (exact) mass is 73.0 g/mol. The highest BCUT2D eigenvalue weighted by atomic mass is 16.4. The van der Waals surface area contributed by atoms with Crippen molar-refractivity contribution < 1.29 is 5.21 Å². The van der Waals surface area contributed by atoms with Crippen molar-refractivity contribution in [3.8, 4) is 0 Å². The second kappa shape index (κ2) is 3.43. The topological polar surface area (TPSA) is 58.6 Å². The van der Waals surface area contributed by atoms with Crippen molar-refractivity contribution in [2.24, 2.45) is 10.9 Å². The van der Waals surface area contributed by atoms with Gasteiger partial charge in [0.2, 0.25) is 0 Å². The molecule has 0 amide bonds. The first-order chi connectivity index (χ1) is 2.41. The summed E-state index contributed by atoms with van der Waals surface area (Å²) in [7, 11) is 0. The molecule has 3 nitrogen and oxygen atoms in total. The molecule has 0 aromatic rings. The predicted octanol–water partition coefficient (Wildman–Crippen LogP) is -0.433. The first kappa shape index (κ1) is 4.43. The Morgan fingerprint density at radius 1 is 1.80 bits per heavy atom. The van der Waals surface area contributed by atoms with Gasteiger partial charge in [0.25, 0.3) is 0 Å². The number of nitrogens with zero attached hydrogens (tertiary/aromatic N) is 1. The van der Waals surface area contributed by atoms with E-state index < -0.39 is 0 Å². The van der Waals surface area contributed by atoms with Gasteiger partial charge in [0.15, 0.2) is 0 Å². The third-order valence-electron chi connectivity index (χ3n) is 0.153. The minimum absolute atomic E-state index is 1.08. The molecule has 0 aromatic carbocycles. The van der Waals surface area contributed by atoms with E-state index in [9.17, 15) is 0 Å². The maximum absolute atomic E-state index is 7.52. The molecule has 0 bridgehead atoms. The van der Waals surface area contributed by atoms with Gasteiger partial charge in [0, 0.05) is 0 Å². The Morgan fingerprint density at radius 3 is 2.40 bits per heavy atom. The molecule has 0 fully saturated rings. The van der Waals surface area contributed by atoms with Crippen LogP contribution < -0.4 is 5.73 Å². The molecule has 0 heterocycles. The van der Waals surface area contributed by atoms with Crippen LogP contribution in [0.1, 0.15) is 0 Å². The van der Waals surface area contributed by atoms with E-state index in [2.05, 4.69) is 5.16 Å². The fourth-order valence-corrected chi connectivity index (χ4v) is 0.0385. The highest BCUT2D eigenvalue weighted by Gasteiger charge is 1.55. The summed E-state index contributed by atoms with van der Waals surface area (Å²) in [4.78, 5) is 0. The number of rotatable bonds is 1. The second-order valence-electron chi connectivity index (χ2n) is 0.457. The van der Waals surface area contributed by atoms with Gasteiger partial charge >= 0.3 is 0 Å². The van der Waals surface area contributed by atoms with Crippen LogP contribution in [0.2, 0.25) is 0 Å². The van der Waals surface area contributed by atoms with Crippen LogP contribution in [0.25, 0.3) is 0 Å². The van der Waals surface area contributed by atoms with Gasteiger partial charge < -0.3 is 10.9 Å². The molecule has 0 unspecified atom stereocenters. The van der Waals surface area contributed by atoms with Crippen LogP contribution in [0, 0.1) is 6.54 Å². The smallest absolute Gasteiger partial charge is 0.0639 e. The normalized spacial score (nSPS) is 9.80. The third kappa shape index (κ3) is 3.43. The molecule has 29 valence electrons. The summed E-state index contributed by atoms with van der Waals surface area (Å²) >= 11 is 0. The van der Waals surface area contributed by atoms with Crippen LogP contribution in [0.4, 0.5) is 0 Å². The fourth-order valence-electron chi connectivity index (χ4n) is 0.0385. The van der Waals surface area contributed by atoms with E-state index in [1.54, 1.807) is 0 Å². The van der Waals surface area contributed by atoms with E-state index in [1.165, 1.54) is 0 Å². The standard InChI is InChI=1S/C2H5N2O/c3-1-2-4-5/h1-2,5H,3H2. The van der Waals surface area contributed by atoms with Crippen LogP contribution in [0.3, 0.4) is 0 Å². The summed E-state index contributed by atoms with van der Waals surface area (Å²) in [6.45, 7) is 1.14. The van der Waals surface area contributed by atoms with Crippen LogP contribution in [0.5, 0.6) is 0 Å². The maximum atomic E-state index is 7.52. The lowest BCUT2D eigenvalue weighted by Crippen LogP contribution is -1.88. The van der Waals surface area contributed by atoms with Gasteiger partial charge in [0.05, 0.1) is 12.8 Å². The van der Waals surface area contributed by atoms with E-state index in [-0.39, 0.29) is 0 Å². The average Bonchev–Trinajstić information content (AvgIpc) is 1.41. The van der Waals surface area contributed by atoms with Crippen LogP contribution in [-0.4, -0.2) is 11.4 Å². The van der Waals surface area contributed by atoms with Crippen molar-refractivity contribution in [3.63, 3.8) is 0 Å². The Balaban J connectivity index is 2.62. The van der Waals surface area contributed by atoms with Gasteiger partial charge in [-0.15, -0.1) is 5.16 Å². The molecule has 0 aliphatic heterocycles. The Kier molecular flexibility index (Phi) is 3.04. The van der Waals surface area contributed by atoms with Gasteiger partial charge in [-0.2, -0.15) is 0 Å². The zero-order valence-corrected chi connectivity index (χ0v) is 2.63. The van der Waals surface area contributed by atoms with Crippen molar-refractivity contribution in [3.05, 3.63) is 6.54 Å². The molecule has 5 heavy (non-hydrogen) atoms. The van der Waals surface area contributed by atoms with Crippen molar-refractivity contribution in [1.29, 1.82) is 0 Å². The first-order valence-electron chi connectivity index (χ1n) is 1.12. The molecule has 0 aromatic heterocycles. The molecule has 0 aliphatic carbocycles. The Morgan fingerprint density at radius 2 is 2.40 bits per heavy atom. The Bertz CT molecular complexity index is 34.6. The molecule has 3 N–H and O–H groups in total. The van der Waals surface area contributed by atoms with E-state index in [1.807, 2.05) is 0 Å². The molecule has 1 radical (unpaired) electrons. The van der Waals surface area contributed by atoms with Crippen molar-refractivity contribution in [2.75, 3.05) is 0 Å². The molecule has 0 aliphatic rings. The van der Waals surface area contributed by atoms with Crippen LogP contribution in [0.15, 0.2) is 5.16 Å². The van der Waals surface area contributed by atoms with E-state index in [0.717, 1.165) is 12.8 Å². The lowest BCUT2D eigenvalue weighted by atomic mass is 10.8. The summed E-state index contributed by atoms with van der Waals surface area (Å²) in [5, 5.41) is 10.1. The van der Waals surface area contributed by atoms with Gasteiger partial charge in [-0.3, -0.25) is 0 Å². The number of hydrogen-bond donors (Lipinski definition) is 2.